The van der Waals surface area contributed by atoms with Crippen LogP contribution in [0.1, 0.15) is 40.9 Å². The number of amides is 1. The first-order valence-corrected chi connectivity index (χ1v) is 12.8. The highest BCUT2D eigenvalue weighted by atomic mass is 35.5. The van der Waals surface area contributed by atoms with E-state index in [1.165, 1.54) is 48.5 Å². The van der Waals surface area contributed by atoms with Gasteiger partial charge in [-0.15, -0.1) is 0 Å². The van der Waals surface area contributed by atoms with E-state index in [-0.39, 0.29) is 23.0 Å². The molecule has 11 heteroatoms. The number of rotatable bonds is 9. The second kappa shape index (κ2) is 10.5. The van der Waals surface area contributed by atoms with Gasteiger partial charge in [-0.05, 0) is 66.6 Å². The van der Waals surface area contributed by atoms with Crippen LogP contribution in [0.25, 0.3) is 0 Å². The molecule has 0 saturated carbocycles. The van der Waals surface area contributed by atoms with Crippen molar-refractivity contribution in [3.05, 3.63) is 82.4 Å². The van der Waals surface area contributed by atoms with Crippen LogP contribution in [0.3, 0.4) is 0 Å². The van der Waals surface area contributed by atoms with Crippen LogP contribution in [-0.2, 0) is 21.2 Å². The Morgan fingerprint density at radius 1 is 1.06 bits per heavy atom. The summed E-state index contributed by atoms with van der Waals surface area (Å²) in [4.78, 5) is 24.6. The van der Waals surface area contributed by atoms with Gasteiger partial charge in [0.2, 0.25) is 12.9 Å². The molecule has 4 rings (SSSR count). The monoisotopic (exact) mass is 531 g/mol. The minimum atomic E-state index is -4.24. The van der Waals surface area contributed by atoms with E-state index in [9.17, 15) is 23.1 Å². The minimum Gasteiger partial charge on any atom is -0.478 e. The average molecular weight is 532 g/mol. The number of hydrogen-bond acceptors (Lipinski definition) is 7. The largest absolute Gasteiger partial charge is 0.478 e. The number of aromatic carboxylic acids is 1. The zero-order chi connectivity index (χ0) is 25.9. The van der Waals surface area contributed by atoms with Crippen LogP contribution >= 0.6 is 11.6 Å². The molecule has 0 fully saturated rings. The normalized spacial score (nSPS) is 13.2. The number of ether oxygens (including phenoxy) is 3. The zero-order valence-corrected chi connectivity index (χ0v) is 20.6. The third kappa shape index (κ3) is 5.55. The molecule has 1 unspecified atom stereocenters. The zero-order valence-electron chi connectivity index (χ0n) is 19.1. The second-order valence-corrected chi connectivity index (χ2v) is 10.0. The van der Waals surface area contributed by atoms with Gasteiger partial charge in [0.1, 0.15) is 5.75 Å². The molecule has 1 heterocycles. The third-order valence-corrected chi connectivity index (χ3v) is 6.98. The molecule has 0 saturated heterocycles. The van der Waals surface area contributed by atoms with Gasteiger partial charge in [-0.2, -0.15) is 0 Å². The number of benzene rings is 3. The van der Waals surface area contributed by atoms with Crippen molar-refractivity contribution < 1.29 is 37.3 Å². The Bertz CT molecular complexity index is 1410. The minimum absolute atomic E-state index is 0.0127. The van der Waals surface area contributed by atoms with Crippen molar-refractivity contribution in [2.75, 3.05) is 6.79 Å². The van der Waals surface area contributed by atoms with Gasteiger partial charge in [-0.25, -0.2) is 17.9 Å². The Labute approximate surface area is 212 Å². The van der Waals surface area contributed by atoms with Gasteiger partial charge in [0, 0.05) is 10.6 Å². The molecule has 3 aromatic carbocycles. The van der Waals surface area contributed by atoms with E-state index in [1.54, 1.807) is 12.1 Å². The summed E-state index contributed by atoms with van der Waals surface area (Å²) < 4.78 is 44.6. The van der Waals surface area contributed by atoms with Crippen molar-refractivity contribution in [2.45, 2.75) is 30.8 Å². The van der Waals surface area contributed by atoms with Crippen LogP contribution in [0.4, 0.5) is 0 Å². The summed E-state index contributed by atoms with van der Waals surface area (Å²) in [5.41, 5.74) is 0.949. The highest BCUT2D eigenvalue weighted by Gasteiger charge is 2.30. The topological polar surface area (TPSA) is 128 Å². The number of nitrogens with one attached hydrogen (secondary N) is 1. The lowest BCUT2D eigenvalue weighted by Crippen LogP contribution is -2.37. The molecule has 1 aliphatic heterocycles. The van der Waals surface area contributed by atoms with Crippen LogP contribution in [0.5, 0.6) is 17.2 Å². The quantitative estimate of drug-likeness (QED) is 0.417. The molecule has 1 atom stereocenters. The van der Waals surface area contributed by atoms with Crippen molar-refractivity contribution in [1.29, 1.82) is 0 Å². The molecule has 0 bridgehead atoms. The van der Waals surface area contributed by atoms with Gasteiger partial charge in [0.05, 0.1) is 10.5 Å². The van der Waals surface area contributed by atoms with E-state index in [0.29, 0.717) is 40.5 Å². The fourth-order valence-electron chi connectivity index (χ4n) is 3.63. The Kier molecular flexibility index (Phi) is 7.37. The van der Waals surface area contributed by atoms with Crippen LogP contribution in [0.2, 0.25) is 5.02 Å². The lowest BCUT2D eigenvalue weighted by atomic mass is 10.0. The Balaban J connectivity index is 1.71. The molecule has 2 N–H and O–H groups in total. The maximum atomic E-state index is 13.3. The van der Waals surface area contributed by atoms with E-state index in [4.69, 9.17) is 25.8 Å². The van der Waals surface area contributed by atoms with Crippen molar-refractivity contribution in [2.24, 2.45) is 0 Å². The van der Waals surface area contributed by atoms with Crippen molar-refractivity contribution in [3.63, 3.8) is 0 Å². The van der Waals surface area contributed by atoms with Gasteiger partial charge in [0.25, 0.3) is 15.9 Å². The fraction of sp³-hybridized carbons (Fsp3) is 0.200. The standard InChI is InChI=1S/C25H22ClNO8S/c1-2-3-15-12-17(25(29)30)5-10-20(15)35-23(16-4-11-21-22(13-16)34-14-33-21)24(28)27-36(31,32)19-8-6-18(26)7-9-19/h4-13,23H,2-3,14H2,1H3,(H,27,28)(H,29,30). The number of carboxylic acids is 1. The van der Waals surface area contributed by atoms with E-state index >= 15 is 0 Å². The summed E-state index contributed by atoms with van der Waals surface area (Å²) in [6.45, 7) is 1.93. The second-order valence-electron chi connectivity index (χ2n) is 7.91. The van der Waals surface area contributed by atoms with Gasteiger partial charge < -0.3 is 19.3 Å². The molecule has 1 amide bonds. The predicted octanol–water partition coefficient (Wildman–Crippen LogP) is 4.34. The van der Waals surface area contributed by atoms with Gasteiger partial charge >= 0.3 is 5.97 Å². The van der Waals surface area contributed by atoms with Crippen molar-refractivity contribution in [3.8, 4) is 17.2 Å². The molecular formula is C25H22ClNO8S. The predicted molar refractivity (Wildman–Crippen MR) is 130 cm³/mol. The molecule has 36 heavy (non-hydrogen) atoms. The molecule has 0 aromatic heterocycles. The maximum Gasteiger partial charge on any atom is 0.335 e. The smallest absolute Gasteiger partial charge is 0.335 e. The van der Waals surface area contributed by atoms with Gasteiger partial charge in [0.15, 0.2) is 11.5 Å². The van der Waals surface area contributed by atoms with E-state index < -0.39 is 28.0 Å². The van der Waals surface area contributed by atoms with Crippen LogP contribution in [-0.4, -0.2) is 32.2 Å². The summed E-state index contributed by atoms with van der Waals surface area (Å²) in [6.07, 6.45) is -0.242. The lowest BCUT2D eigenvalue weighted by Gasteiger charge is -2.21. The summed E-state index contributed by atoms with van der Waals surface area (Å²) in [6, 6.07) is 14.3. The maximum absolute atomic E-state index is 13.3. The molecule has 3 aromatic rings. The molecule has 188 valence electrons. The number of sulfonamides is 1. The SMILES string of the molecule is CCCc1cc(C(=O)O)ccc1OC(C(=O)NS(=O)(=O)c1ccc(Cl)cc1)c1ccc2c(c1)OCO2. The number of halogens is 1. The number of carboxylic acid groups (broad SMARTS) is 1. The third-order valence-electron chi connectivity index (χ3n) is 5.37. The molecule has 0 spiro atoms. The average Bonchev–Trinajstić information content (AvgIpc) is 3.31. The first-order valence-electron chi connectivity index (χ1n) is 10.9. The highest BCUT2D eigenvalue weighted by Crippen LogP contribution is 2.36. The van der Waals surface area contributed by atoms with Crippen molar-refractivity contribution in [1.82, 2.24) is 4.72 Å². The molecule has 1 aliphatic rings. The lowest BCUT2D eigenvalue weighted by molar-refractivity contribution is -0.126. The van der Waals surface area contributed by atoms with Gasteiger partial charge in [-0.3, -0.25) is 4.79 Å². The summed E-state index contributed by atoms with van der Waals surface area (Å²) in [5.74, 6) is -0.941. The summed E-state index contributed by atoms with van der Waals surface area (Å²) >= 11 is 5.84. The molecule has 9 nitrogen and oxygen atoms in total. The van der Waals surface area contributed by atoms with Gasteiger partial charge in [-0.1, -0.05) is 31.0 Å². The number of carbonyl (C=O) groups excluding carboxylic acids is 1. The number of fused-ring (bicyclic) bond motifs is 1. The van der Waals surface area contributed by atoms with Crippen molar-refractivity contribution >= 4 is 33.5 Å². The number of carbonyl (C=O) groups is 2. The first-order chi connectivity index (χ1) is 17.2. The van der Waals surface area contributed by atoms with Crippen LogP contribution < -0.4 is 18.9 Å². The molecule has 0 aliphatic carbocycles. The molecular weight excluding hydrogens is 510 g/mol. The Morgan fingerprint density at radius 2 is 1.78 bits per heavy atom. The van der Waals surface area contributed by atoms with E-state index in [0.717, 1.165) is 0 Å². The molecule has 0 radical (unpaired) electrons. The number of aryl methyl sites for hydroxylation is 1. The van der Waals surface area contributed by atoms with Crippen LogP contribution in [0, 0.1) is 0 Å². The summed E-state index contributed by atoms with van der Waals surface area (Å²) in [7, 11) is -4.24. The Morgan fingerprint density at radius 3 is 2.47 bits per heavy atom. The van der Waals surface area contributed by atoms with E-state index in [1.807, 2.05) is 6.92 Å². The number of hydrogen-bond donors (Lipinski definition) is 2. The Hall–Kier alpha value is -3.76. The first kappa shape index (κ1) is 25.3. The fourth-order valence-corrected chi connectivity index (χ4v) is 4.74. The van der Waals surface area contributed by atoms with Crippen LogP contribution in [0.15, 0.2) is 65.6 Å². The van der Waals surface area contributed by atoms with E-state index in [2.05, 4.69) is 4.72 Å². The summed E-state index contributed by atoms with van der Waals surface area (Å²) in [5, 5.41) is 9.70. The highest BCUT2D eigenvalue weighted by molar-refractivity contribution is 7.90.